The van der Waals surface area contributed by atoms with E-state index in [1.807, 2.05) is 4.90 Å². The Kier molecular flexibility index (Phi) is 2.70. The molecule has 8 heteroatoms. The molecule has 0 unspecified atom stereocenters. The minimum atomic E-state index is -1.35. The highest BCUT2D eigenvalue weighted by atomic mass is 19.1. The lowest BCUT2D eigenvalue weighted by Gasteiger charge is -2.28. The van der Waals surface area contributed by atoms with E-state index in [0.717, 1.165) is 25.2 Å². The quantitative estimate of drug-likeness (QED) is 0.739. The van der Waals surface area contributed by atoms with Crippen LogP contribution in [0.2, 0.25) is 0 Å². The number of H-pyrrole nitrogens is 1. The molecule has 0 radical (unpaired) electrons. The van der Waals surface area contributed by atoms with E-state index in [1.54, 1.807) is 0 Å². The van der Waals surface area contributed by atoms with Gasteiger partial charge in [0, 0.05) is 31.4 Å². The highest BCUT2D eigenvalue weighted by Crippen LogP contribution is 2.30. The van der Waals surface area contributed by atoms with Gasteiger partial charge < -0.3 is 20.3 Å². The predicted octanol–water partition coefficient (Wildman–Crippen LogP) is 0.311. The van der Waals surface area contributed by atoms with Gasteiger partial charge >= 0.3 is 5.97 Å². The van der Waals surface area contributed by atoms with Crippen LogP contribution in [-0.2, 0) is 0 Å². The number of anilines is 1. The van der Waals surface area contributed by atoms with Crippen LogP contribution in [0.3, 0.4) is 0 Å². The summed E-state index contributed by atoms with van der Waals surface area (Å²) in [4.78, 5) is 31.8. The van der Waals surface area contributed by atoms with Gasteiger partial charge in [0.25, 0.3) is 0 Å². The number of nitrogens with zero attached hydrogens (tertiary/aromatic N) is 2. The van der Waals surface area contributed by atoms with Crippen molar-refractivity contribution in [3.8, 4) is 0 Å². The van der Waals surface area contributed by atoms with Crippen LogP contribution >= 0.6 is 0 Å². The minimum Gasteiger partial charge on any atom is -0.477 e. The number of nitrogens with one attached hydrogen (secondary N) is 2. The number of carbonyl (C=O) groups is 1. The van der Waals surface area contributed by atoms with Gasteiger partial charge in [-0.2, -0.15) is 0 Å². The van der Waals surface area contributed by atoms with Gasteiger partial charge in [-0.1, -0.05) is 0 Å². The molecule has 114 valence electrons. The Morgan fingerprint density at radius 1 is 1.50 bits per heavy atom. The van der Waals surface area contributed by atoms with E-state index in [1.165, 1.54) is 0 Å². The summed E-state index contributed by atoms with van der Waals surface area (Å²) in [5.41, 5.74) is -0.961. The van der Waals surface area contributed by atoms with E-state index in [-0.39, 0.29) is 22.9 Å². The van der Waals surface area contributed by atoms with E-state index in [2.05, 4.69) is 15.3 Å². The number of rotatable bonds is 2. The molecule has 0 spiro atoms. The minimum absolute atomic E-state index is 0.0522. The summed E-state index contributed by atoms with van der Waals surface area (Å²) in [6, 6.07) is 1.62. The zero-order chi connectivity index (χ0) is 15.4. The number of halogens is 1. The maximum Gasteiger partial charge on any atom is 0.341 e. The van der Waals surface area contributed by atoms with Gasteiger partial charge in [-0.25, -0.2) is 14.2 Å². The normalized spacial score (nSPS) is 23.4. The Bertz CT molecular complexity index is 850. The average Bonchev–Trinajstić information content (AvgIpc) is 3.10. The van der Waals surface area contributed by atoms with E-state index >= 15 is 0 Å². The Morgan fingerprint density at radius 3 is 2.95 bits per heavy atom. The first-order chi connectivity index (χ1) is 10.5. The van der Waals surface area contributed by atoms with Crippen LogP contribution in [-0.4, -0.2) is 46.2 Å². The van der Waals surface area contributed by atoms with E-state index in [4.69, 9.17) is 5.11 Å². The molecule has 2 bridgehead atoms. The van der Waals surface area contributed by atoms with E-state index in [0.29, 0.717) is 12.6 Å². The predicted molar refractivity (Wildman–Crippen MR) is 76.8 cm³/mol. The lowest BCUT2D eigenvalue weighted by atomic mass is 10.2. The summed E-state index contributed by atoms with van der Waals surface area (Å²) in [7, 11) is 0. The zero-order valence-electron chi connectivity index (χ0n) is 11.5. The molecule has 2 atom stereocenters. The number of piperazine rings is 1. The van der Waals surface area contributed by atoms with Crippen molar-refractivity contribution in [2.45, 2.75) is 18.5 Å². The van der Waals surface area contributed by atoms with Crippen molar-refractivity contribution in [3.05, 3.63) is 33.9 Å². The maximum atomic E-state index is 14.4. The number of hydrogen-bond acceptors (Lipinski definition) is 5. The van der Waals surface area contributed by atoms with E-state index < -0.39 is 22.8 Å². The molecular weight excluding hydrogens is 291 g/mol. The maximum absolute atomic E-state index is 14.4. The van der Waals surface area contributed by atoms with Gasteiger partial charge in [0.1, 0.15) is 11.2 Å². The highest BCUT2D eigenvalue weighted by Gasteiger charge is 2.39. The Labute approximate surface area is 123 Å². The molecule has 0 saturated carbocycles. The topological polar surface area (TPSA) is 98.3 Å². The molecule has 2 saturated heterocycles. The number of carboxylic acid groups (broad SMARTS) is 1. The first kappa shape index (κ1) is 13.2. The number of aromatic nitrogens is 2. The lowest BCUT2D eigenvalue weighted by molar-refractivity contribution is 0.0695. The fourth-order valence-corrected chi connectivity index (χ4v) is 3.29. The van der Waals surface area contributed by atoms with E-state index in [9.17, 15) is 14.0 Å². The molecule has 22 heavy (non-hydrogen) atoms. The van der Waals surface area contributed by atoms with Crippen molar-refractivity contribution in [1.29, 1.82) is 0 Å². The molecule has 2 aliphatic heterocycles. The molecule has 7 nitrogen and oxygen atoms in total. The second-order valence-corrected chi connectivity index (χ2v) is 5.67. The van der Waals surface area contributed by atoms with Crippen molar-refractivity contribution < 1.29 is 14.3 Å². The third kappa shape index (κ3) is 1.80. The summed E-state index contributed by atoms with van der Waals surface area (Å²) in [6.45, 7) is 1.47. The fourth-order valence-electron chi connectivity index (χ4n) is 3.29. The van der Waals surface area contributed by atoms with Crippen LogP contribution in [0.5, 0.6) is 0 Å². The Hall–Kier alpha value is -2.48. The summed E-state index contributed by atoms with van der Waals surface area (Å²) in [6.07, 6.45) is 2.05. The summed E-state index contributed by atoms with van der Waals surface area (Å²) < 4.78 is 14.4. The van der Waals surface area contributed by atoms with Crippen LogP contribution in [0, 0.1) is 5.82 Å². The third-order valence-electron chi connectivity index (χ3n) is 4.36. The fraction of sp³-hybridized carbons (Fsp3) is 0.357. The largest absolute Gasteiger partial charge is 0.477 e. The summed E-state index contributed by atoms with van der Waals surface area (Å²) >= 11 is 0. The monoisotopic (exact) mass is 304 g/mol. The molecule has 2 aromatic rings. The first-order valence-corrected chi connectivity index (χ1v) is 7.00. The Morgan fingerprint density at radius 2 is 2.32 bits per heavy atom. The van der Waals surface area contributed by atoms with Crippen molar-refractivity contribution >= 4 is 22.8 Å². The first-order valence-electron chi connectivity index (χ1n) is 7.00. The van der Waals surface area contributed by atoms with Gasteiger partial charge in [-0.3, -0.25) is 4.79 Å². The lowest BCUT2D eigenvalue weighted by Crippen LogP contribution is -2.44. The van der Waals surface area contributed by atoms with Gasteiger partial charge in [0.05, 0.1) is 5.39 Å². The number of carboxylic acids is 1. The van der Waals surface area contributed by atoms with Gasteiger partial charge in [-0.15, -0.1) is 0 Å². The molecule has 4 heterocycles. The number of aromatic amines is 1. The number of aromatic carboxylic acids is 1. The second-order valence-electron chi connectivity index (χ2n) is 5.67. The highest BCUT2D eigenvalue weighted by molar-refractivity contribution is 5.91. The van der Waals surface area contributed by atoms with Crippen LogP contribution in [0.25, 0.3) is 11.0 Å². The SMILES string of the molecule is O=C(O)c1c[nH]c2nc(N3C[C@@H]4C[C@H]3CN4)c(F)cc2c1=O. The smallest absolute Gasteiger partial charge is 0.341 e. The van der Waals surface area contributed by atoms with Crippen molar-refractivity contribution in [2.24, 2.45) is 0 Å². The molecule has 2 fully saturated rings. The molecule has 3 N–H and O–H groups in total. The number of hydrogen-bond donors (Lipinski definition) is 3. The van der Waals surface area contributed by atoms with Crippen LogP contribution in [0.1, 0.15) is 16.8 Å². The second kappa shape index (κ2) is 4.51. The zero-order valence-corrected chi connectivity index (χ0v) is 11.5. The van der Waals surface area contributed by atoms with Gasteiger partial charge in [-0.05, 0) is 12.5 Å². The number of pyridine rings is 2. The molecule has 2 aromatic heterocycles. The van der Waals surface area contributed by atoms with Crippen LogP contribution in [0.15, 0.2) is 17.1 Å². The van der Waals surface area contributed by atoms with Crippen molar-refractivity contribution in [2.75, 3.05) is 18.0 Å². The average molecular weight is 304 g/mol. The number of fused-ring (bicyclic) bond motifs is 3. The van der Waals surface area contributed by atoms with Crippen LogP contribution < -0.4 is 15.6 Å². The Balaban J connectivity index is 1.86. The molecule has 4 rings (SSSR count). The molecule has 0 aromatic carbocycles. The summed E-state index contributed by atoms with van der Waals surface area (Å²) in [5, 5.41) is 12.2. The van der Waals surface area contributed by atoms with Crippen molar-refractivity contribution in [3.63, 3.8) is 0 Å². The molecule has 0 aliphatic carbocycles. The molecule has 0 amide bonds. The third-order valence-corrected chi connectivity index (χ3v) is 4.36. The standard InChI is InChI=1S/C14H13FN4O3/c15-10-2-8-11(20)9(14(21)22)4-17-12(8)18-13(10)19-5-6-1-7(19)3-16-6/h2,4,6-7,16H,1,3,5H2,(H,21,22)(H,17,18,20)/t6-,7-/m0/s1. The van der Waals surface area contributed by atoms with Crippen molar-refractivity contribution in [1.82, 2.24) is 15.3 Å². The molecule has 2 aliphatic rings. The summed E-state index contributed by atoms with van der Waals surface area (Å²) in [5.74, 6) is -1.75. The van der Waals surface area contributed by atoms with Gasteiger partial charge in [0.2, 0.25) is 5.43 Å². The molecular formula is C14H13FN4O3. The van der Waals surface area contributed by atoms with Crippen LogP contribution in [0.4, 0.5) is 10.2 Å². The van der Waals surface area contributed by atoms with Gasteiger partial charge in [0.15, 0.2) is 11.6 Å².